The van der Waals surface area contributed by atoms with E-state index in [1.54, 1.807) is 31.4 Å². The molecule has 5 heteroatoms. The molecule has 2 aromatic carbocycles. The number of aromatic nitrogens is 2. The maximum Gasteiger partial charge on any atom is 0.148 e. The molecule has 0 aliphatic rings. The third-order valence-electron chi connectivity index (χ3n) is 3.18. The fraction of sp³-hybridized carbons (Fsp3) is 0.0625. The van der Waals surface area contributed by atoms with Gasteiger partial charge in [0, 0.05) is 11.6 Å². The second-order valence-corrected chi connectivity index (χ2v) is 4.55. The van der Waals surface area contributed by atoms with E-state index in [4.69, 9.17) is 10.5 Å². The SMILES string of the molecule is COc1cccc(-c2cc(N)n(-c3ccccc3F)n2)c1. The van der Waals surface area contributed by atoms with Crippen molar-refractivity contribution in [3.63, 3.8) is 0 Å². The Morgan fingerprint density at radius 3 is 2.67 bits per heavy atom. The number of benzene rings is 2. The molecule has 0 aliphatic heterocycles. The molecule has 4 nitrogen and oxygen atoms in total. The zero-order chi connectivity index (χ0) is 14.8. The van der Waals surface area contributed by atoms with Gasteiger partial charge in [0.25, 0.3) is 0 Å². The summed E-state index contributed by atoms with van der Waals surface area (Å²) in [7, 11) is 1.60. The average molecular weight is 283 g/mol. The molecular weight excluding hydrogens is 269 g/mol. The van der Waals surface area contributed by atoms with Crippen LogP contribution < -0.4 is 10.5 Å². The lowest BCUT2D eigenvalue weighted by Crippen LogP contribution is -2.03. The Balaban J connectivity index is 2.07. The summed E-state index contributed by atoms with van der Waals surface area (Å²) < 4.78 is 20.4. The average Bonchev–Trinajstić information content (AvgIpc) is 2.90. The molecule has 3 aromatic rings. The second kappa shape index (κ2) is 5.28. The van der Waals surface area contributed by atoms with Gasteiger partial charge in [-0.05, 0) is 24.3 Å². The first-order valence-electron chi connectivity index (χ1n) is 6.44. The molecule has 0 fully saturated rings. The Labute approximate surface area is 121 Å². The van der Waals surface area contributed by atoms with Crippen molar-refractivity contribution in [3.8, 4) is 22.7 Å². The molecule has 0 unspecified atom stereocenters. The summed E-state index contributed by atoms with van der Waals surface area (Å²) in [5.74, 6) is 0.730. The number of anilines is 1. The lowest BCUT2D eigenvalue weighted by molar-refractivity contribution is 0.415. The molecule has 0 radical (unpaired) electrons. The topological polar surface area (TPSA) is 53.1 Å². The van der Waals surface area contributed by atoms with Crippen LogP contribution in [0.3, 0.4) is 0 Å². The van der Waals surface area contributed by atoms with E-state index in [1.165, 1.54) is 10.7 Å². The molecule has 0 spiro atoms. The van der Waals surface area contributed by atoms with Crippen LogP contribution in [0.15, 0.2) is 54.6 Å². The van der Waals surface area contributed by atoms with E-state index in [-0.39, 0.29) is 5.82 Å². The van der Waals surface area contributed by atoms with Crippen molar-refractivity contribution >= 4 is 5.82 Å². The molecule has 21 heavy (non-hydrogen) atoms. The van der Waals surface area contributed by atoms with Crippen LogP contribution in [0.25, 0.3) is 16.9 Å². The molecule has 0 saturated heterocycles. The van der Waals surface area contributed by atoms with E-state index in [9.17, 15) is 4.39 Å². The van der Waals surface area contributed by atoms with Gasteiger partial charge in [-0.3, -0.25) is 0 Å². The smallest absolute Gasteiger partial charge is 0.148 e. The first-order chi connectivity index (χ1) is 10.2. The molecule has 0 amide bonds. The van der Waals surface area contributed by atoms with Crippen LogP contribution in [-0.4, -0.2) is 16.9 Å². The van der Waals surface area contributed by atoms with Crippen LogP contribution in [-0.2, 0) is 0 Å². The van der Waals surface area contributed by atoms with E-state index >= 15 is 0 Å². The fourth-order valence-corrected chi connectivity index (χ4v) is 2.14. The summed E-state index contributed by atoms with van der Waals surface area (Å²) in [5, 5.41) is 4.38. The van der Waals surface area contributed by atoms with E-state index in [0.717, 1.165) is 11.3 Å². The van der Waals surface area contributed by atoms with Gasteiger partial charge in [0.05, 0.1) is 12.8 Å². The molecule has 0 atom stereocenters. The van der Waals surface area contributed by atoms with Gasteiger partial charge in [-0.1, -0.05) is 24.3 Å². The molecule has 0 bridgehead atoms. The molecular formula is C16H14FN3O. The molecule has 3 rings (SSSR count). The van der Waals surface area contributed by atoms with Gasteiger partial charge in [-0.15, -0.1) is 0 Å². The van der Waals surface area contributed by atoms with Crippen molar-refractivity contribution in [2.24, 2.45) is 0 Å². The summed E-state index contributed by atoms with van der Waals surface area (Å²) in [5.41, 5.74) is 7.80. The van der Waals surface area contributed by atoms with Crippen molar-refractivity contribution in [1.29, 1.82) is 0 Å². The van der Waals surface area contributed by atoms with Gasteiger partial charge < -0.3 is 10.5 Å². The number of nitrogens with zero attached hydrogens (tertiary/aromatic N) is 2. The maximum atomic E-state index is 13.8. The Morgan fingerprint density at radius 2 is 1.90 bits per heavy atom. The van der Waals surface area contributed by atoms with Crippen LogP contribution in [0.5, 0.6) is 5.75 Å². The van der Waals surface area contributed by atoms with Crippen molar-refractivity contribution in [3.05, 3.63) is 60.4 Å². The Morgan fingerprint density at radius 1 is 1.10 bits per heavy atom. The molecule has 1 aromatic heterocycles. The summed E-state index contributed by atoms with van der Waals surface area (Å²) in [4.78, 5) is 0. The molecule has 0 saturated carbocycles. The number of halogens is 1. The first kappa shape index (κ1) is 13.2. The number of methoxy groups -OCH3 is 1. The van der Waals surface area contributed by atoms with Gasteiger partial charge in [0.2, 0.25) is 0 Å². The number of nitrogens with two attached hydrogens (primary N) is 1. The highest BCUT2D eigenvalue weighted by Crippen LogP contribution is 2.26. The summed E-state index contributed by atoms with van der Waals surface area (Å²) in [6.07, 6.45) is 0. The third-order valence-corrected chi connectivity index (χ3v) is 3.18. The summed E-state index contributed by atoms with van der Waals surface area (Å²) in [6, 6.07) is 15.6. The molecule has 2 N–H and O–H groups in total. The Bertz CT molecular complexity index is 783. The van der Waals surface area contributed by atoms with Crippen LogP contribution in [0, 0.1) is 5.82 Å². The monoisotopic (exact) mass is 283 g/mol. The van der Waals surface area contributed by atoms with Crippen LogP contribution in [0.4, 0.5) is 10.2 Å². The van der Waals surface area contributed by atoms with Crippen LogP contribution in [0.2, 0.25) is 0 Å². The first-order valence-corrected chi connectivity index (χ1v) is 6.44. The lowest BCUT2D eigenvalue weighted by atomic mass is 10.1. The van der Waals surface area contributed by atoms with Crippen molar-refractivity contribution in [2.45, 2.75) is 0 Å². The third kappa shape index (κ3) is 2.45. The van der Waals surface area contributed by atoms with Crippen molar-refractivity contribution in [2.75, 3.05) is 12.8 Å². The summed E-state index contributed by atoms with van der Waals surface area (Å²) >= 11 is 0. The standard InChI is InChI=1S/C16H14FN3O/c1-21-12-6-4-5-11(9-12)14-10-16(18)20(19-14)15-8-3-2-7-13(15)17/h2-10H,18H2,1H3. The minimum Gasteiger partial charge on any atom is -0.497 e. The van der Waals surface area contributed by atoms with E-state index < -0.39 is 0 Å². The quantitative estimate of drug-likeness (QED) is 0.802. The fourth-order valence-electron chi connectivity index (χ4n) is 2.14. The number of ether oxygens (including phenoxy) is 1. The van der Waals surface area contributed by atoms with Gasteiger partial charge in [0.1, 0.15) is 23.1 Å². The number of para-hydroxylation sites is 1. The van der Waals surface area contributed by atoms with Crippen LogP contribution >= 0.6 is 0 Å². The van der Waals surface area contributed by atoms with Gasteiger partial charge in [0.15, 0.2) is 0 Å². The largest absolute Gasteiger partial charge is 0.497 e. The zero-order valence-electron chi connectivity index (χ0n) is 11.5. The molecule has 0 aliphatic carbocycles. The minimum atomic E-state index is -0.371. The Kier molecular flexibility index (Phi) is 3.31. The minimum absolute atomic E-state index is 0.323. The number of hydrogen-bond acceptors (Lipinski definition) is 3. The predicted molar refractivity (Wildman–Crippen MR) is 79.9 cm³/mol. The van der Waals surface area contributed by atoms with E-state index in [2.05, 4.69) is 5.10 Å². The van der Waals surface area contributed by atoms with E-state index in [1.807, 2.05) is 24.3 Å². The lowest BCUT2D eigenvalue weighted by Gasteiger charge is -2.04. The number of nitrogen functional groups attached to an aromatic ring is 1. The van der Waals surface area contributed by atoms with Gasteiger partial charge >= 0.3 is 0 Å². The molecule has 1 heterocycles. The van der Waals surface area contributed by atoms with Gasteiger partial charge in [-0.2, -0.15) is 5.10 Å². The number of hydrogen-bond donors (Lipinski definition) is 1. The van der Waals surface area contributed by atoms with Crippen LogP contribution in [0.1, 0.15) is 0 Å². The molecule has 106 valence electrons. The maximum absolute atomic E-state index is 13.8. The predicted octanol–water partition coefficient (Wildman–Crippen LogP) is 3.27. The normalized spacial score (nSPS) is 10.6. The highest BCUT2D eigenvalue weighted by atomic mass is 19.1. The van der Waals surface area contributed by atoms with Crippen molar-refractivity contribution < 1.29 is 9.13 Å². The summed E-state index contributed by atoms with van der Waals surface area (Å²) in [6.45, 7) is 0. The zero-order valence-corrected chi connectivity index (χ0v) is 11.5. The highest BCUT2D eigenvalue weighted by molar-refractivity contribution is 5.65. The number of rotatable bonds is 3. The van der Waals surface area contributed by atoms with E-state index in [0.29, 0.717) is 17.2 Å². The second-order valence-electron chi connectivity index (χ2n) is 4.55. The Hall–Kier alpha value is -2.82. The van der Waals surface area contributed by atoms with Crippen molar-refractivity contribution in [1.82, 2.24) is 9.78 Å². The highest BCUT2D eigenvalue weighted by Gasteiger charge is 2.12. The van der Waals surface area contributed by atoms with Gasteiger partial charge in [-0.25, -0.2) is 9.07 Å².